The van der Waals surface area contributed by atoms with Crippen LogP contribution >= 0.6 is 0 Å². The number of benzene rings is 1. The molecule has 0 N–H and O–H groups in total. The van der Waals surface area contributed by atoms with E-state index in [-0.39, 0.29) is 17.1 Å². The Hall–Kier alpha value is -2.46. The smallest absolute Gasteiger partial charge is 0.232 e. The Kier molecular flexibility index (Phi) is 6.07. The quantitative estimate of drug-likeness (QED) is 0.738. The van der Waals surface area contributed by atoms with E-state index in [1.165, 1.54) is 26.2 Å². The van der Waals surface area contributed by atoms with Crippen molar-refractivity contribution >= 4 is 0 Å². The zero-order valence-electron chi connectivity index (χ0n) is 15.2. The lowest BCUT2D eigenvalue weighted by Gasteiger charge is -2.26. The molecule has 0 bridgehead atoms. The lowest BCUT2D eigenvalue weighted by molar-refractivity contribution is 0.226. The van der Waals surface area contributed by atoms with Gasteiger partial charge in [0.2, 0.25) is 5.82 Å². The van der Waals surface area contributed by atoms with Crippen LogP contribution in [0.3, 0.4) is 0 Å². The predicted molar refractivity (Wildman–Crippen MR) is 95.4 cm³/mol. The van der Waals surface area contributed by atoms with E-state index < -0.39 is 23.0 Å². The SMILES string of the molecule is Cc1c(F)c(F)cc(-c2cc(CCCN3CCCCC3)nc(C#N)n2)c1F. The molecule has 0 aliphatic carbocycles. The van der Waals surface area contributed by atoms with Crippen LogP contribution in [0.1, 0.15) is 42.8 Å². The number of likely N-dealkylation sites (tertiary alicyclic amines) is 1. The van der Waals surface area contributed by atoms with E-state index in [1.807, 2.05) is 6.07 Å². The molecule has 4 nitrogen and oxygen atoms in total. The third-order valence-corrected chi connectivity index (χ3v) is 4.89. The highest BCUT2D eigenvalue weighted by molar-refractivity contribution is 5.62. The molecule has 7 heteroatoms. The summed E-state index contributed by atoms with van der Waals surface area (Å²) in [7, 11) is 0. The molecule has 0 amide bonds. The van der Waals surface area contributed by atoms with Crippen LogP contribution in [0.5, 0.6) is 0 Å². The number of rotatable bonds is 5. The minimum atomic E-state index is -1.22. The second kappa shape index (κ2) is 8.49. The summed E-state index contributed by atoms with van der Waals surface area (Å²) in [5, 5.41) is 9.17. The molecule has 0 radical (unpaired) electrons. The van der Waals surface area contributed by atoms with E-state index in [2.05, 4.69) is 14.9 Å². The molecular formula is C20H21F3N4. The number of hydrogen-bond acceptors (Lipinski definition) is 4. The minimum Gasteiger partial charge on any atom is -0.303 e. The van der Waals surface area contributed by atoms with Crippen molar-refractivity contribution in [3.63, 3.8) is 0 Å². The fraction of sp³-hybridized carbons (Fsp3) is 0.450. The number of hydrogen-bond donors (Lipinski definition) is 0. The standard InChI is InChI=1S/C20H21F3N4/c1-13-19(22)15(11-16(21)20(13)23)17-10-14(25-18(12-24)26-17)6-5-9-27-7-3-2-4-8-27/h10-11H,2-9H2,1H3. The van der Waals surface area contributed by atoms with Gasteiger partial charge in [-0.1, -0.05) is 6.42 Å². The molecule has 142 valence electrons. The van der Waals surface area contributed by atoms with Gasteiger partial charge in [-0.2, -0.15) is 5.26 Å². The van der Waals surface area contributed by atoms with Crippen LogP contribution in [0.25, 0.3) is 11.3 Å². The third kappa shape index (κ3) is 4.45. The van der Waals surface area contributed by atoms with Crippen LogP contribution in [-0.4, -0.2) is 34.5 Å². The molecule has 1 saturated heterocycles. The molecule has 2 aromatic rings. The molecule has 0 spiro atoms. The second-order valence-electron chi connectivity index (χ2n) is 6.84. The van der Waals surface area contributed by atoms with Gasteiger partial charge in [-0.3, -0.25) is 0 Å². The Labute approximate surface area is 156 Å². The van der Waals surface area contributed by atoms with Crippen molar-refractivity contribution in [2.75, 3.05) is 19.6 Å². The Balaban J connectivity index is 1.83. The van der Waals surface area contributed by atoms with Gasteiger partial charge in [-0.15, -0.1) is 0 Å². The third-order valence-electron chi connectivity index (χ3n) is 4.89. The molecule has 1 aromatic heterocycles. The first-order chi connectivity index (χ1) is 13.0. The van der Waals surface area contributed by atoms with Crippen molar-refractivity contribution in [3.8, 4) is 17.3 Å². The van der Waals surface area contributed by atoms with Crippen LogP contribution in [0, 0.1) is 35.7 Å². The van der Waals surface area contributed by atoms with Gasteiger partial charge in [-0.05, 0) is 64.4 Å². The maximum absolute atomic E-state index is 14.4. The van der Waals surface area contributed by atoms with Crippen LogP contribution < -0.4 is 0 Å². The van der Waals surface area contributed by atoms with Crippen molar-refractivity contribution in [3.05, 3.63) is 46.7 Å². The molecule has 1 aliphatic rings. The highest BCUT2D eigenvalue weighted by Gasteiger charge is 2.19. The Morgan fingerprint density at radius 3 is 2.52 bits per heavy atom. The molecule has 1 aliphatic heterocycles. The zero-order chi connectivity index (χ0) is 19.4. The Bertz CT molecular complexity index is 871. The van der Waals surface area contributed by atoms with E-state index in [1.54, 1.807) is 6.07 Å². The average Bonchev–Trinajstić information content (AvgIpc) is 2.69. The van der Waals surface area contributed by atoms with E-state index in [9.17, 15) is 18.4 Å². The van der Waals surface area contributed by atoms with Gasteiger partial charge < -0.3 is 4.90 Å². The van der Waals surface area contributed by atoms with Gasteiger partial charge in [0.15, 0.2) is 11.6 Å². The van der Waals surface area contributed by atoms with Crippen LogP contribution in [0.2, 0.25) is 0 Å². The summed E-state index contributed by atoms with van der Waals surface area (Å²) >= 11 is 0. The van der Waals surface area contributed by atoms with Gasteiger partial charge in [0, 0.05) is 16.8 Å². The number of aryl methyl sites for hydroxylation is 1. The minimum absolute atomic E-state index is 0.0917. The van der Waals surface area contributed by atoms with Gasteiger partial charge in [0.1, 0.15) is 11.9 Å². The summed E-state index contributed by atoms with van der Waals surface area (Å²) < 4.78 is 41.7. The first-order valence-electron chi connectivity index (χ1n) is 9.14. The normalized spacial score (nSPS) is 14.9. The molecule has 0 unspecified atom stereocenters. The number of halogens is 3. The zero-order valence-corrected chi connectivity index (χ0v) is 15.2. The molecule has 2 heterocycles. The highest BCUT2D eigenvalue weighted by atomic mass is 19.2. The van der Waals surface area contributed by atoms with Crippen molar-refractivity contribution in [1.82, 2.24) is 14.9 Å². The number of aromatic nitrogens is 2. The van der Waals surface area contributed by atoms with E-state index in [0.717, 1.165) is 32.1 Å². The van der Waals surface area contributed by atoms with Crippen LogP contribution in [0.15, 0.2) is 12.1 Å². The lowest BCUT2D eigenvalue weighted by Crippen LogP contribution is -2.30. The van der Waals surface area contributed by atoms with E-state index >= 15 is 0 Å². The summed E-state index contributed by atoms with van der Waals surface area (Å²) in [6, 6.07) is 4.18. The molecule has 1 aromatic carbocycles. The van der Waals surface area contributed by atoms with Gasteiger partial charge >= 0.3 is 0 Å². The van der Waals surface area contributed by atoms with Crippen molar-refractivity contribution in [2.24, 2.45) is 0 Å². The van der Waals surface area contributed by atoms with Crippen molar-refractivity contribution < 1.29 is 13.2 Å². The molecule has 0 atom stereocenters. The molecule has 0 saturated carbocycles. The number of piperidine rings is 1. The number of nitrogens with zero attached hydrogens (tertiary/aromatic N) is 4. The summed E-state index contributed by atoms with van der Waals surface area (Å²) in [4.78, 5) is 10.6. The maximum Gasteiger partial charge on any atom is 0.232 e. The van der Waals surface area contributed by atoms with Crippen molar-refractivity contribution in [2.45, 2.75) is 39.0 Å². The van der Waals surface area contributed by atoms with Crippen molar-refractivity contribution in [1.29, 1.82) is 5.26 Å². The molecule has 3 rings (SSSR count). The van der Waals surface area contributed by atoms with Gasteiger partial charge in [0.25, 0.3) is 0 Å². The number of nitriles is 1. The van der Waals surface area contributed by atoms with Crippen LogP contribution in [0.4, 0.5) is 13.2 Å². The Morgan fingerprint density at radius 2 is 1.81 bits per heavy atom. The first kappa shape index (κ1) is 19.3. The Morgan fingerprint density at radius 1 is 1.07 bits per heavy atom. The summed E-state index contributed by atoms with van der Waals surface area (Å²) in [6.45, 7) is 4.29. The van der Waals surface area contributed by atoms with Gasteiger partial charge in [-0.25, -0.2) is 23.1 Å². The second-order valence-corrected chi connectivity index (χ2v) is 6.84. The first-order valence-corrected chi connectivity index (χ1v) is 9.14. The van der Waals surface area contributed by atoms with E-state index in [0.29, 0.717) is 12.1 Å². The fourth-order valence-electron chi connectivity index (χ4n) is 3.40. The summed E-state index contributed by atoms with van der Waals surface area (Å²) in [6.07, 6.45) is 5.15. The summed E-state index contributed by atoms with van der Waals surface area (Å²) in [5.41, 5.74) is 0.112. The molecule has 1 fully saturated rings. The largest absolute Gasteiger partial charge is 0.303 e. The van der Waals surface area contributed by atoms with Crippen LogP contribution in [-0.2, 0) is 6.42 Å². The fourth-order valence-corrected chi connectivity index (χ4v) is 3.40. The maximum atomic E-state index is 14.4. The topological polar surface area (TPSA) is 52.8 Å². The average molecular weight is 374 g/mol. The predicted octanol–water partition coefficient (Wildman–Crippen LogP) is 4.16. The van der Waals surface area contributed by atoms with E-state index in [4.69, 9.17) is 0 Å². The highest BCUT2D eigenvalue weighted by Crippen LogP contribution is 2.27. The summed E-state index contributed by atoms with van der Waals surface area (Å²) in [5.74, 6) is -3.35. The monoisotopic (exact) mass is 374 g/mol. The van der Waals surface area contributed by atoms with Gasteiger partial charge in [0.05, 0.1) is 5.69 Å². The molecule has 27 heavy (non-hydrogen) atoms. The molecular weight excluding hydrogens is 353 g/mol. The lowest BCUT2D eigenvalue weighted by atomic mass is 10.0.